The smallest absolute Gasteiger partial charge is 0.0465 e. The van der Waals surface area contributed by atoms with E-state index >= 15 is 0 Å². The van der Waals surface area contributed by atoms with Gasteiger partial charge in [0.2, 0.25) is 0 Å². The molecule has 2 heteroatoms. The van der Waals surface area contributed by atoms with Crippen molar-refractivity contribution in [3.8, 4) is 0 Å². The minimum Gasteiger partial charge on any atom is -0.385 e. The lowest BCUT2D eigenvalue weighted by Gasteiger charge is -2.28. The van der Waals surface area contributed by atoms with Crippen LogP contribution in [-0.2, 0) is 4.74 Å². The number of methoxy groups -OCH3 is 1. The van der Waals surface area contributed by atoms with E-state index in [-0.39, 0.29) is 0 Å². The Labute approximate surface area is 93.8 Å². The number of hydrogen-bond donors (Lipinski definition) is 1. The Balaban J connectivity index is 1.88. The van der Waals surface area contributed by atoms with Crippen molar-refractivity contribution in [1.82, 2.24) is 5.32 Å². The molecule has 2 fully saturated rings. The summed E-state index contributed by atoms with van der Waals surface area (Å²) in [5, 5.41) is 3.51. The average molecular weight is 211 g/mol. The molecule has 1 aliphatic carbocycles. The van der Waals surface area contributed by atoms with Crippen LogP contribution in [0.15, 0.2) is 0 Å². The topological polar surface area (TPSA) is 21.3 Å². The van der Waals surface area contributed by atoms with Crippen LogP contribution >= 0.6 is 0 Å². The third-order valence-electron chi connectivity index (χ3n) is 4.36. The van der Waals surface area contributed by atoms with E-state index in [1.165, 1.54) is 51.6 Å². The maximum atomic E-state index is 5.27. The van der Waals surface area contributed by atoms with E-state index in [9.17, 15) is 0 Å². The summed E-state index contributed by atoms with van der Waals surface area (Å²) in [5.41, 5.74) is 0. The third-order valence-corrected chi connectivity index (χ3v) is 4.36. The van der Waals surface area contributed by atoms with Crippen LogP contribution in [-0.4, -0.2) is 26.8 Å². The SMILES string of the molecule is COCCC(C1CCCC1)C1CCNC1. The first-order valence-electron chi connectivity index (χ1n) is 6.61. The maximum Gasteiger partial charge on any atom is 0.0465 e. The molecule has 0 radical (unpaired) electrons. The Hall–Kier alpha value is -0.0800. The van der Waals surface area contributed by atoms with Gasteiger partial charge in [0.05, 0.1) is 0 Å². The molecule has 1 saturated carbocycles. The number of hydrogen-bond acceptors (Lipinski definition) is 2. The molecule has 88 valence electrons. The van der Waals surface area contributed by atoms with Crippen molar-refractivity contribution in [1.29, 1.82) is 0 Å². The third kappa shape index (κ3) is 2.94. The summed E-state index contributed by atoms with van der Waals surface area (Å²) in [4.78, 5) is 0. The first kappa shape index (κ1) is 11.4. The van der Waals surface area contributed by atoms with Gasteiger partial charge in [0, 0.05) is 13.7 Å². The van der Waals surface area contributed by atoms with Crippen LogP contribution in [0.2, 0.25) is 0 Å². The van der Waals surface area contributed by atoms with Gasteiger partial charge in [-0.2, -0.15) is 0 Å². The Bertz CT molecular complexity index is 155. The van der Waals surface area contributed by atoms with Gasteiger partial charge >= 0.3 is 0 Å². The molecule has 1 aliphatic heterocycles. The van der Waals surface area contributed by atoms with Gasteiger partial charge < -0.3 is 10.1 Å². The Morgan fingerprint density at radius 2 is 2.00 bits per heavy atom. The van der Waals surface area contributed by atoms with Crippen molar-refractivity contribution in [3.05, 3.63) is 0 Å². The van der Waals surface area contributed by atoms with Gasteiger partial charge in [-0.1, -0.05) is 25.7 Å². The molecule has 2 nitrogen and oxygen atoms in total. The fourth-order valence-electron chi connectivity index (χ4n) is 3.54. The van der Waals surface area contributed by atoms with E-state index in [2.05, 4.69) is 5.32 Å². The van der Waals surface area contributed by atoms with Crippen LogP contribution in [0.1, 0.15) is 38.5 Å². The molecule has 0 bridgehead atoms. The Morgan fingerprint density at radius 1 is 1.20 bits per heavy atom. The number of ether oxygens (including phenoxy) is 1. The minimum absolute atomic E-state index is 0.933. The second kappa shape index (κ2) is 5.86. The van der Waals surface area contributed by atoms with Crippen molar-refractivity contribution < 1.29 is 4.74 Å². The van der Waals surface area contributed by atoms with Gasteiger partial charge in [0.25, 0.3) is 0 Å². The van der Waals surface area contributed by atoms with Crippen molar-refractivity contribution in [2.45, 2.75) is 38.5 Å². The molecule has 0 aromatic carbocycles. The molecule has 0 aromatic rings. The van der Waals surface area contributed by atoms with E-state index in [4.69, 9.17) is 4.74 Å². The maximum absolute atomic E-state index is 5.27. The molecule has 1 heterocycles. The van der Waals surface area contributed by atoms with Crippen LogP contribution in [0.25, 0.3) is 0 Å². The number of nitrogens with one attached hydrogen (secondary N) is 1. The predicted octanol–water partition coefficient (Wildman–Crippen LogP) is 2.44. The fraction of sp³-hybridized carbons (Fsp3) is 1.00. The van der Waals surface area contributed by atoms with E-state index in [0.717, 1.165) is 24.4 Å². The van der Waals surface area contributed by atoms with Crippen molar-refractivity contribution in [2.75, 3.05) is 26.8 Å². The first-order valence-corrected chi connectivity index (χ1v) is 6.61. The molecule has 2 atom stereocenters. The molecule has 2 aliphatic rings. The quantitative estimate of drug-likeness (QED) is 0.754. The van der Waals surface area contributed by atoms with Crippen LogP contribution in [0.4, 0.5) is 0 Å². The van der Waals surface area contributed by atoms with Gasteiger partial charge in [-0.3, -0.25) is 0 Å². The Kier molecular flexibility index (Phi) is 4.45. The number of rotatable bonds is 5. The molecule has 2 rings (SSSR count). The van der Waals surface area contributed by atoms with Crippen molar-refractivity contribution in [2.24, 2.45) is 17.8 Å². The highest BCUT2D eigenvalue weighted by molar-refractivity contribution is 4.85. The highest BCUT2D eigenvalue weighted by atomic mass is 16.5. The first-order chi connectivity index (χ1) is 7.42. The minimum atomic E-state index is 0.933. The standard InChI is InChI=1S/C13H25NO/c1-15-9-7-13(11-4-2-3-5-11)12-6-8-14-10-12/h11-14H,2-10H2,1H3. The highest BCUT2D eigenvalue weighted by Gasteiger charge is 2.32. The molecule has 0 spiro atoms. The normalized spacial score (nSPS) is 29.8. The molecule has 1 saturated heterocycles. The molecule has 1 N–H and O–H groups in total. The highest BCUT2D eigenvalue weighted by Crippen LogP contribution is 2.39. The summed E-state index contributed by atoms with van der Waals surface area (Å²) in [6.07, 6.45) is 8.57. The zero-order chi connectivity index (χ0) is 10.5. The van der Waals surface area contributed by atoms with E-state index in [1.807, 2.05) is 7.11 Å². The van der Waals surface area contributed by atoms with Gasteiger partial charge in [-0.05, 0) is 43.7 Å². The largest absolute Gasteiger partial charge is 0.385 e. The van der Waals surface area contributed by atoms with Gasteiger partial charge in [0.15, 0.2) is 0 Å². The van der Waals surface area contributed by atoms with Crippen LogP contribution in [0.5, 0.6) is 0 Å². The Morgan fingerprint density at radius 3 is 2.60 bits per heavy atom. The lowest BCUT2D eigenvalue weighted by Crippen LogP contribution is -2.25. The van der Waals surface area contributed by atoms with Crippen LogP contribution in [0.3, 0.4) is 0 Å². The summed E-state index contributed by atoms with van der Waals surface area (Å²) in [7, 11) is 1.83. The molecular formula is C13H25NO. The second-order valence-electron chi connectivity index (χ2n) is 5.24. The predicted molar refractivity (Wildman–Crippen MR) is 62.9 cm³/mol. The summed E-state index contributed by atoms with van der Waals surface area (Å²) in [6, 6.07) is 0. The average Bonchev–Trinajstić information content (AvgIpc) is 2.90. The molecular weight excluding hydrogens is 186 g/mol. The van der Waals surface area contributed by atoms with E-state index in [1.54, 1.807) is 0 Å². The van der Waals surface area contributed by atoms with Gasteiger partial charge in [0.1, 0.15) is 0 Å². The van der Waals surface area contributed by atoms with Crippen molar-refractivity contribution >= 4 is 0 Å². The van der Waals surface area contributed by atoms with Gasteiger partial charge in [-0.15, -0.1) is 0 Å². The summed E-state index contributed by atoms with van der Waals surface area (Å²) in [6.45, 7) is 3.45. The molecule has 2 unspecified atom stereocenters. The summed E-state index contributed by atoms with van der Waals surface area (Å²) >= 11 is 0. The lowest BCUT2D eigenvalue weighted by molar-refractivity contribution is 0.135. The van der Waals surface area contributed by atoms with Crippen LogP contribution < -0.4 is 5.32 Å². The fourth-order valence-corrected chi connectivity index (χ4v) is 3.54. The zero-order valence-electron chi connectivity index (χ0n) is 10.0. The molecule has 0 aromatic heterocycles. The lowest BCUT2D eigenvalue weighted by atomic mass is 9.78. The van der Waals surface area contributed by atoms with E-state index < -0.39 is 0 Å². The molecule has 15 heavy (non-hydrogen) atoms. The van der Waals surface area contributed by atoms with Crippen LogP contribution in [0, 0.1) is 17.8 Å². The zero-order valence-corrected chi connectivity index (χ0v) is 10.0. The van der Waals surface area contributed by atoms with E-state index in [0.29, 0.717) is 0 Å². The summed E-state index contributed by atoms with van der Waals surface area (Å²) in [5.74, 6) is 2.87. The monoisotopic (exact) mass is 211 g/mol. The molecule has 0 amide bonds. The second-order valence-corrected chi connectivity index (χ2v) is 5.24. The van der Waals surface area contributed by atoms with Gasteiger partial charge in [-0.25, -0.2) is 0 Å². The summed E-state index contributed by atoms with van der Waals surface area (Å²) < 4.78 is 5.27. The van der Waals surface area contributed by atoms with Crippen molar-refractivity contribution in [3.63, 3.8) is 0 Å².